The molecule has 0 spiro atoms. The van der Waals surface area contributed by atoms with E-state index in [-0.39, 0.29) is 42.1 Å². The maximum atomic E-state index is 13.8. The smallest absolute Gasteiger partial charge is 0.408 e. The Bertz CT molecular complexity index is 1820. The van der Waals surface area contributed by atoms with Crippen LogP contribution in [0.15, 0.2) is 83.8 Å². The van der Waals surface area contributed by atoms with E-state index >= 15 is 0 Å². The maximum absolute atomic E-state index is 13.8. The largest absolute Gasteiger partial charge is 0.481 e. The Morgan fingerprint density at radius 3 is 1.96 bits per heavy atom. The first-order chi connectivity index (χ1) is 25.0. The fourth-order valence-corrected chi connectivity index (χ4v) is 6.11. The first-order valence-electron chi connectivity index (χ1n) is 16.9. The highest BCUT2D eigenvalue weighted by molar-refractivity contribution is 7.89. The highest BCUT2D eigenvalue weighted by Crippen LogP contribution is 2.22. The Balaban J connectivity index is 1.74. The summed E-state index contributed by atoms with van der Waals surface area (Å²) in [5.41, 5.74) is -0.158. The lowest BCUT2D eigenvalue weighted by Gasteiger charge is -2.25. The summed E-state index contributed by atoms with van der Waals surface area (Å²) in [4.78, 5) is 63.2. The predicted molar refractivity (Wildman–Crippen MR) is 194 cm³/mol. The van der Waals surface area contributed by atoms with Crippen LogP contribution >= 0.6 is 0 Å². The average Bonchev–Trinajstić information content (AvgIpc) is 3.09. The lowest BCUT2D eigenvalue weighted by molar-refractivity contribution is -0.139. The van der Waals surface area contributed by atoms with Crippen LogP contribution in [0.1, 0.15) is 61.5 Å². The van der Waals surface area contributed by atoms with Crippen LogP contribution in [0.25, 0.3) is 0 Å². The van der Waals surface area contributed by atoms with Crippen LogP contribution < -0.4 is 25.4 Å². The van der Waals surface area contributed by atoms with Gasteiger partial charge < -0.3 is 35.6 Å². The molecule has 0 saturated carbocycles. The third kappa shape index (κ3) is 15.0. The zero-order chi connectivity index (χ0) is 39.0. The highest BCUT2D eigenvalue weighted by Gasteiger charge is 2.29. The number of carbonyl (C=O) groups is 5. The molecule has 2 atom stereocenters. The second kappa shape index (κ2) is 19.9. The number of unbranched alkanes of at least 4 members (excludes halogenated alkanes) is 2. The molecule has 16 heteroatoms. The normalized spacial score (nSPS) is 12.5. The summed E-state index contributed by atoms with van der Waals surface area (Å²) < 4.78 is 37.9. The van der Waals surface area contributed by atoms with Gasteiger partial charge in [-0.1, -0.05) is 61.0 Å². The van der Waals surface area contributed by atoms with Crippen LogP contribution in [0.4, 0.5) is 4.79 Å². The summed E-state index contributed by atoms with van der Waals surface area (Å²) in [6, 6.07) is 18.4. The lowest BCUT2D eigenvalue weighted by Crippen LogP contribution is -2.55. The minimum absolute atomic E-state index is 0.0626. The molecule has 0 radical (unpaired) electrons. The van der Waals surface area contributed by atoms with E-state index in [0.717, 1.165) is 5.56 Å². The number of sulfonamides is 1. The summed E-state index contributed by atoms with van der Waals surface area (Å²) >= 11 is 0. The van der Waals surface area contributed by atoms with E-state index in [0.29, 0.717) is 24.8 Å². The number of amides is 3. The predicted octanol–water partition coefficient (Wildman–Crippen LogP) is 3.28. The maximum Gasteiger partial charge on any atom is 0.408 e. The van der Waals surface area contributed by atoms with Gasteiger partial charge in [0.25, 0.3) is 0 Å². The number of aromatic carboxylic acids is 1. The number of carboxylic acid groups (broad SMARTS) is 2. The quantitative estimate of drug-likeness (QED) is 0.0918. The average molecular weight is 755 g/mol. The molecule has 0 aliphatic rings. The summed E-state index contributed by atoms with van der Waals surface area (Å²) in [6.45, 7) is 4.62. The van der Waals surface area contributed by atoms with Gasteiger partial charge in [-0.25, -0.2) is 27.5 Å². The standard InChI is InChI=1S/C37H46N4O11S/c1-37(2,3)52-36(48)41-30(22-25-13-7-4-8-14-25)34(45)40-29(23-26-17-18-31(51-24-32(42)43)28(21-26)35(46)47)33(44)38-19-11-6-12-20-39-53(49,50)27-15-9-5-10-16-27/h4-5,7-10,13-18,21,29-30,39H,6,11-12,19-20,22-24H2,1-3H3,(H,38,44)(H,40,45)(H,41,48)(H,42,43)(H,46,47)/t29-,30+/m0/s1. The van der Waals surface area contributed by atoms with Crippen molar-refractivity contribution in [1.82, 2.24) is 20.7 Å². The second-order valence-corrected chi connectivity index (χ2v) is 14.8. The molecule has 15 nitrogen and oxygen atoms in total. The van der Waals surface area contributed by atoms with Crippen molar-refractivity contribution in [3.05, 3.63) is 95.6 Å². The molecule has 0 unspecified atom stereocenters. The molecule has 0 aliphatic carbocycles. The number of carbonyl (C=O) groups excluding carboxylic acids is 3. The topological polar surface area (TPSA) is 227 Å². The van der Waals surface area contributed by atoms with Gasteiger partial charge in [-0.05, 0) is 69.0 Å². The first-order valence-corrected chi connectivity index (χ1v) is 18.4. The monoisotopic (exact) mass is 754 g/mol. The van der Waals surface area contributed by atoms with E-state index in [1.807, 2.05) is 0 Å². The molecule has 3 amide bonds. The molecule has 0 aromatic heterocycles. The van der Waals surface area contributed by atoms with Gasteiger partial charge in [0.2, 0.25) is 21.8 Å². The third-order valence-electron chi connectivity index (χ3n) is 7.49. The van der Waals surface area contributed by atoms with Gasteiger partial charge in [-0.3, -0.25) is 9.59 Å². The number of ether oxygens (including phenoxy) is 2. The van der Waals surface area contributed by atoms with Crippen molar-refractivity contribution in [3.63, 3.8) is 0 Å². The third-order valence-corrected chi connectivity index (χ3v) is 8.96. The van der Waals surface area contributed by atoms with Crippen molar-refractivity contribution < 1.29 is 52.1 Å². The molecule has 0 saturated heterocycles. The van der Waals surface area contributed by atoms with Crippen LogP contribution in [0.3, 0.4) is 0 Å². The molecule has 286 valence electrons. The van der Waals surface area contributed by atoms with Gasteiger partial charge in [-0.2, -0.15) is 0 Å². The van der Waals surface area contributed by atoms with Crippen molar-refractivity contribution in [2.45, 2.75) is 75.5 Å². The first kappa shape index (κ1) is 41.9. The molecule has 53 heavy (non-hydrogen) atoms. The van der Waals surface area contributed by atoms with E-state index in [2.05, 4.69) is 20.7 Å². The summed E-state index contributed by atoms with van der Waals surface area (Å²) in [5, 5.41) is 26.8. The summed E-state index contributed by atoms with van der Waals surface area (Å²) in [7, 11) is -3.65. The van der Waals surface area contributed by atoms with Gasteiger partial charge in [-0.15, -0.1) is 0 Å². The van der Waals surface area contributed by atoms with Gasteiger partial charge >= 0.3 is 18.0 Å². The number of alkyl carbamates (subject to hydrolysis) is 1. The number of aliphatic carboxylic acids is 1. The Morgan fingerprint density at radius 2 is 1.34 bits per heavy atom. The SMILES string of the molecule is CC(C)(C)OC(=O)N[C@H](Cc1ccccc1)C(=O)N[C@@H](Cc1ccc(OCC(=O)O)c(C(=O)O)c1)C(=O)NCCCCCNS(=O)(=O)c1ccccc1. The number of benzene rings is 3. The van der Waals surface area contributed by atoms with Crippen LogP contribution in [-0.4, -0.2) is 85.9 Å². The van der Waals surface area contributed by atoms with Crippen molar-refractivity contribution in [3.8, 4) is 5.75 Å². The van der Waals surface area contributed by atoms with E-state index in [1.54, 1.807) is 69.3 Å². The molecule has 3 rings (SSSR count). The van der Waals surface area contributed by atoms with E-state index in [4.69, 9.17) is 14.6 Å². The highest BCUT2D eigenvalue weighted by atomic mass is 32.2. The summed E-state index contributed by atoms with van der Waals surface area (Å²) in [5.74, 6) is -4.19. The summed E-state index contributed by atoms with van der Waals surface area (Å²) in [6.07, 6.45) is 0.579. The number of nitrogens with one attached hydrogen (secondary N) is 4. The van der Waals surface area contributed by atoms with Gasteiger partial charge in [0.05, 0.1) is 4.90 Å². The molecular formula is C37H46N4O11S. The fourth-order valence-electron chi connectivity index (χ4n) is 5.01. The molecule has 0 heterocycles. The molecule has 0 aliphatic heterocycles. The number of rotatable bonds is 20. The van der Waals surface area contributed by atoms with E-state index < -0.39 is 64.2 Å². The number of carboxylic acids is 2. The van der Waals surface area contributed by atoms with Crippen LogP contribution in [0, 0.1) is 0 Å². The van der Waals surface area contributed by atoms with E-state index in [9.17, 15) is 37.5 Å². The molecule has 3 aromatic carbocycles. The lowest BCUT2D eigenvalue weighted by atomic mass is 10.0. The van der Waals surface area contributed by atoms with Crippen molar-refractivity contribution in [2.24, 2.45) is 0 Å². The Kier molecular flexibility index (Phi) is 15.8. The van der Waals surface area contributed by atoms with Crippen molar-refractivity contribution in [2.75, 3.05) is 19.7 Å². The van der Waals surface area contributed by atoms with Crippen molar-refractivity contribution in [1.29, 1.82) is 0 Å². The van der Waals surface area contributed by atoms with Crippen LogP contribution in [0.5, 0.6) is 5.75 Å². The van der Waals surface area contributed by atoms with Crippen LogP contribution in [0.2, 0.25) is 0 Å². The van der Waals surface area contributed by atoms with Crippen molar-refractivity contribution >= 4 is 39.9 Å². The Hall–Kier alpha value is -5.48. The van der Waals surface area contributed by atoms with Gasteiger partial charge in [0.15, 0.2) is 6.61 Å². The minimum Gasteiger partial charge on any atom is -0.481 e. The zero-order valence-corrected chi connectivity index (χ0v) is 30.6. The molecular weight excluding hydrogens is 708 g/mol. The Morgan fingerprint density at radius 1 is 0.736 bits per heavy atom. The zero-order valence-electron chi connectivity index (χ0n) is 29.8. The molecule has 6 N–H and O–H groups in total. The molecule has 0 bridgehead atoms. The number of hydrogen-bond donors (Lipinski definition) is 6. The van der Waals surface area contributed by atoms with Gasteiger partial charge in [0.1, 0.15) is 29.0 Å². The minimum atomic E-state index is -3.65. The van der Waals surface area contributed by atoms with Gasteiger partial charge in [0, 0.05) is 25.9 Å². The van der Waals surface area contributed by atoms with E-state index in [1.165, 1.54) is 30.3 Å². The molecule has 0 fully saturated rings. The van der Waals surface area contributed by atoms with Crippen LogP contribution in [-0.2, 0) is 42.0 Å². The second-order valence-electron chi connectivity index (χ2n) is 13.0. The Labute approximate surface area is 308 Å². The fraction of sp³-hybridized carbons (Fsp3) is 0.378. The number of hydrogen-bond acceptors (Lipinski definition) is 9. The molecule has 3 aromatic rings.